The summed E-state index contributed by atoms with van der Waals surface area (Å²) in [5.41, 5.74) is 2.76. The highest BCUT2D eigenvalue weighted by molar-refractivity contribution is 6.30. The lowest BCUT2D eigenvalue weighted by Crippen LogP contribution is -2.04. The second kappa shape index (κ2) is 9.07. The van der Waals surface area contributed by atoms with E-state index in [9.17, 15) is 0 Å². The first-order valence-corrected chi connectivity index (χ1v) is 8.26. The van der Waals surface area contributed by atoms with Gasteiger partial charge < -0.3 is 10.1 Å². The van der Waals surface area contributed by atoms with Crippen molar-refractivity contribution in [3.05, 3.63) is 58.6 Å². The molecule has 0 spiro atoms. The van der Waals surface area contributed by atoms with E-state index in [-0.39, 0.29) is 0 Å². The number of halogens is 1. The van der Waals surface area contributed by atoms with Crippen molar-refractivity contribution in [1.82, 2.24) is 0 Å². The standard InChI is InChI=1S/C19H21ClN2O/c1-2-22-18-13-16(14-21)9-10-19(18)23-11-4-3-6-15-7-5-8-17(20)12-15/h5,7-10,12-13,22H,2-4,6,11H2,1H3. The van der Waals surface area contributed by atoms with Crippen molar-refractivity contribution in [2.24, 2.45) is 0 Å². The number of hydrogen-bond donors (Lipinski definition) is 1. The molecule has 1 N–H and O–H groups in total. The Hall–Kier alpha value is -2.18. The number of anilines is 1. The minimum absolute atomic E-state index is 0.634. The van der Waals surface area contributed by atoms with Gasteiger partial charge in [-0.2, -0.15) is 5.26 Å². The van der Waals surface area contributed by atoms with Gasteiger partial charge in [-0.05, 0) is 62.1 Å². The van der Waals surface area contributed by atoms with Crippen LogP contribution in [0, 0.1) is 11.3 Å². The number of aryl methyl sites for hydroxylation is 1. The fraction of sp³-hybridized carbons (Fsp3) is 0.316. The molecule has 3 nitrogen and oxygen atoms in total. The third kappa shape index (κ3) is 5.50. The van der Waals surface area contributed by atoms with Crippen molar-refractivity contribution in [3.63, 3.8) is 0 Å². The molecule has 0 unspecified atom stereocenters. The van der Waals surface area contributed by atoms with Gasteiger partial charge in [-0.15, -0.1) is 0 Å². The van der Waals surface area contributed by atoms with E-state index in [2.05, 4.69) is 17.5 Å². The van der Waals surface area contributed by atoms with E-state index in [1.54, 1.807) is 6.07 Å². The molecule has 2 rings (SSSR count). The average Bonchev–Trinajstić information content (AvgIpc) is 2.56. The van der Waals surface area contributed by atoms with Crippen LogP contribution in [0.15, 0.2) is 42.5 Å². The smallest absolute Gasteiger partial charge is 0.142 e. The highest BCUT2D eigenvalue weighted by atomic mass is 35.5. The molecule has 0 atom stereocenters. The van der Waals surface area contributed by atoms with E-state index in [1.165, 1.54) is 5.56 Å². The predicted octanol–water partition coefficient (Wildman–Crippen LogP) is 5.05. The Labute approximate surface area is 142 Å². The summed E-state index contributed by atoms with van der Waals surface area (Å²) in [6, 6.07) is 15.6. The number of unbranched alkanes of at least 4 members (excludes halogenated alkanes) is 1. The van der Waals surface area contributed by atoms with Gasteiger partial charge in [-0.3, -0.25) is 0 Å². The lowest BCUT2D eigenvalue weighted by atomic mass is 10.1. The number of hydrogen-bond acceptors (Lipinski definition) is 3. The first kappa shape index (κ1) is 17.2. The van der Waals surface area contributed by atoms with Crippen molar-refractivity contribution in [3.8, 4) is 11.8 Å². The fourth-order valence-corrected chi connectivity index (χ4v) is 2.57. The maximum Gasteiger partial charge on any atom is 0.142 e. The molecule has 2 aromatic rings. The minimum atomic E-state index is 0.634. The number of benzene rings is 2. The molecule has 0 amide bonds. The summed E-state index contributed by atoms with van der Waals surface area (Å²) in [7, 11) is 0. The lowest BCUT2D eigenvalue weighted by molar-refractivity contribution is 0.308. The van der Waals surface area contributed by atoms with E-state index in [0.717, 1.165) is 42.3 Å². The molecule has 120 valence electrons. The number of nitrogens with one attached hydrogen (secondary N) is 1. The van der Waals surface area contributed by atoms with E-state index < -0.39 is 0 Å². The third-order valence-corrected chi connectivity index (χ3v) is 3.72. The number of ether oxygens (including phenoxy) is 1. The molecule has 0 bridgehead atoms. The molecule has 2 aromatic carbocycles. The molecule has 0 radical (unpaired) electrons. The van der Waals surface area contributed by atoms with Gasteiger partial charge >= 0.3 is 0 Å². The quantitative estimate of drug-likeness (QED) is 0.690. The molecule has 23 heavy (non-hydrogen) atoms. The molecular weight excluding hydrogens is 308 g/mol. The van der Waals surface area contributed by atoms with E-state index in [0.29, 0.717) is 12.2 Å². The van der Waals surface area contributed by atoms with Gasteiger partial charge in [0.2, 0.25) is 0 Å². The summed E-state index contributed by atoms with van der Waals surface area (Å²) in [6.45, 7) is 3.47. The van der Waals surface area contributed by atoms with Crippen LogP contribution in [0.3, 0.4) is 0 Å². The van der Waals surface area contributed by atoms with Gasteiger partial charge in [-0.1, -0.05) is 23.7 Å². The van der Waals surface area contributed by atoms with Gasteiger partial charge in [-0.25, -0.2) is 0 Å². The lowest BCUT2D eigenvalue weighted by Gasteiger charge is -2.12. The van der Waals surface area contributed by atoms with Crippen LogP contribution in [-0.4, -0.2) is 13.2 Å². The molecule has 0 saturated carbocycles. The third-order valence-electron chi connectivity index (χ3n) is 3.48. The molecular formula is C19H21ClN2O. The van der Waals surface area contributed by atoms with Crippen LogP contribution < -0.4 is 10.1 Å². The summed E-state index contributed by atoms with van der Waals surface area (Å²) in [5, 5.41) is 13.0. The van der Waals surface area contributed by atoms with E-state index in [4.69, 9.17) is 21.6 Å². The first-order valence-electron chi connectivity index (χ1n) is 7.88. The summed E-state index contributed by atoms with van der Waals surface area (Å²) in [6.07, 6.45) is 3.02. The summed E-state index contributed by atoms with van der Waals surface area (Å²) in [4.78, 5) is 0. The van der Waals surface area contributed by atoms with Crippen LogP contribution in [0.2, 0.25) is 5.02 Å². The van der Waals surface area contributed by atoms with Crippen LogP contribution in [0.1, 0.15) is 30.9 Å². The van der Waals surface area contributed by atoms with Crippen molar-refractivity contribution in [2.45, 2.75) is 26.2 Å². The maximum atomic E-state index is 8.97. The van der Waals surface area contributed by atoms with Gasteiger partial charge in [0.05, 0.1) is 23.9 Å². The molecule has 0 aliphatic carbocycles. The number of nitriles is 1. The zero-order chi connectivity index (χ0) is 16.5. The Morgan fingerprint density at radius 1 is 1.17 bits per heavy atom. The van der Waals surface area contributed by atoms with Crippen molar-refractivity contribution in [1.29, 1.82) is 5.26 Å². The SMILES string of the molecule is CCNc1cc(C#N)ccc1OCCCCc1cccc(Cl)c1. The fourth-order valence-electron chi connectivity index (χ4n) is 2.36. The van der Waals surface area contributed by atoms with Crippen LogP contribution in [0.4, 0.5) is 5.69 Å². The average molecular weight is 329 g/mol. The molecule has 0 aromatic heterocycles. The summed E-state index contributed by atoms with van der Waals surface area (Å²) in [5.74, 6) is 0.800. The molecule has 0 heterocycles. The molecule has 4 heteroatoms. The van der Waals surface area contributed by atoms with Crippen LogP contribution in [-0.2, 0) is 6.42 Å². The van der Waals surface area contributed by atoms with Crippen molar-refractivity contribution >= 4 is 17.3 Å². The van der Waals surface area contributed by atoms with E-state index >= 15 is 0 Å². The minimum Gasteiger partial charge on any atom is -0.491 e. The zero-order valence-corrected chi connectivity index (χ0v) is 14.1. The monoisotopic (exact) mass is 328 g/mol. The second-order valence-electron chi connectivity index (χ2n) is 5.29. The topological polar surface area (TPSA) is 45.0 Å². The molecule has 0 aliphatic rings. The van der Waals surface area contributed by atoms with Crippen LogP contribution >= 0.6 is 11.6 Å². The van der Waals surface area contributed by atoms with Gasteiger partial charge in [0.25, 0.3) is 0 Å². The maximum absolute atomic E-state index is 8.97. The molecule has 0 saturated heterocycles. The highest BCUT2D eigenvalue weighted by Crippen LogP contribution is 2.25. The Balaban J connectivity index is 1.81. The zero-order valence-electron chi connectivity index (χ0n) is 13.3. The largest absolute Gasteiger partial charge is 0.491 e. The summed E-state index contributed by atoms with van der Waals surface area (Å²) >= 11 is 5.98. The Kier molecular flexibility index (Phi) is 6.77. The van der Waals surface area contributed by atoms with Gasteiger partial charge in [0.15, 0.2) is 0 Å². The van der Waals surface area contributed by atoms with Gasteiger partial charge in [0.1, 0.15) is 5.75 Å². The van der Waals surface area contributed by atoms with Crippen LogP contribution in [0.5, 0.6) is 5.75 Å². The second-order valence-corrected chi connectivity index (χ2v) is 5.72. The van der Waals surface area contributed by atoms with E-state index in [1.807, 2.05) is 37.3 Å². The molecule has 0 fully saturated rings. The normalized spacial score (nSPS) is 10.1. The molecule has 0 aliphatic heterocycles. The number of nitrogens with zero attached hydrogens (tertiary/aromatic N) is 1. The Bertz CT molecular complexity index is 679. The first-order chi connectivity index (χ1) is 11.2. The Morgan fingerprint density at radius 3 is 2.78 bits per heavy atom. The van der Waals surface area contributed by atoms with Crippen molar-refractivity contribution in [2.75, 3.05) is 18.5 Å². The van der Waals surface area contributed by atoms with Crippen LogP contribution in [0.25, 0.3) is 0 Å². The highest BCUT2D eigenvalue weighted by Gasteiger charge is 2.04. The Morgan fingerprint density at radius 2 is 2.04 bits per heavy atom. The summed E-state index contributed by atoms with van der Waals surface area (Å²) < 4.78 is 5.85. The predicted molar refractivity (Wildman–Crippen MR) is 95.2 cm³/mol. The van der Waals surface area contributed by atoms with Crippen molar-refractivity contribution < 1.29 is 4.74 Å². The van der Waals surface area contributed by atoms with Gasteiger partial charge in [0, 0.05) is 11.6 Å². The number of rotatable bonds is 8.